The van der Waals surface area contributed by atoms with Gasteiger partial charge in [0.15, 0.2) is 0 Å². The molecule has 0 aliphatic rings. The Hall–Kier alpha value is -1.55. The summed E-state index contributed by atoms with van der Waals surface area (Å²) >= 11 is 3.38. The summed E-state index contributed by atoms with van der Waals surface area (Å²) in [5.41, 5.74) is 0.581. The Balaban J connectivity index is 2.47. The van der Waals surface area contributed by atoms with Crippen LogP contribution in [0.4, 0.5) is 10.5 Å². The Morgan fingerprint density at radius 2 is 1.80 bits per heavy atom. The Kier molecular flexibility index (Phi) is 2.60. The molecule has 3 nitrogen and oxygen atoms in total. The average Bonchev–Trinajstić information content (AvgIpc) is 2.17. The van der Waals surface area contributed by atoms with Crippen LogP contribution < -0.4 is 5.32 Å². The van der Waals surface area contributed by atoms with Crippen LogP contribution in [0.5, 0.6) is 0 Å². The van der Waals surface area contributed by atoms with Gasteiger partial charge in [-0.05, 0) is 35.0 Å². The zero-order chi connectivity index (χ0) is 10.8. The molecule has 0 atom stereocenters. The lowest BCUT2D eigenvalue weighted by atomic mass is 10.1. The van der Waals surface area contributed by atoms with Crippen molar-refractivity contribution < 1.29 is 9.90 Å². The summed E-state index contributed by atoms with van der Waals surface area (Å²) in [5.74, 6) is 0. The van der Waals surface area contributed by atoms with E-state index in [0.29, 0.717) is 5.69 Å². The number of rotatable bonds is 1. The van der Waals surface area contributed by atoms with E-state index in [0.717, 1.165) is 15.2 Å². The first-order chi connectivity index (χ1) is 7.15. The minimum absolute atomic E-state index is 0.581. The van der Waals surface area contributed by atoms with E-state index in [1.807, 2.05) is 24.3 Å². The Morgan fingerprint density at radius 1 is 1.13 bits per heavy atom. The first kappa shape index (κ1) is 9.98. The van der Waals surface area contributed by atoms with Gasteiger partial charge < -0.3 is 5.11 Å². The van der Waals surface area contributed by atoms with Crippen LogP contribution in [0.25, 0.3) is 10.8 Å². The smallest absolute Gasteiger partial charge is 0.409 e. The second-order valence-corrected chi connectivity index (χ2v) is 4.05. The number of halogens is 1. The molecule has 0 radical (unpaired) electrons. The maximum absolute atomic E-state index is 10.4. The summed E-state index contributed by atoms with van der Waals surface area (Å²) in [6.45, 7) is 0. The van der Waals surface area contributed by atoms with E-state index in [-0.39, 0.29) is 0 Å². The molecule has 0 saturated heterocycles. The van der Waals surface area contributed by atoms with Crippen LogP contribution in [0.2, 0.25) is 0 Å². The molecule has 2 N–H and O–H groups in total. The molecule has 2 rings (SSSR count). The lowest BCUT2D eigenvalue weighted by Gasteiger charge is -2.03. The van der Waals surface area contributed by atoms with Crippen molar-refractivity contribution in [1.82, 2.24) is 0 Å². The molecule has 0 aromatic heterocycles. The third-order valence-electron chi connectivity index (χ3n) is 2.05. The van der Waals surface area contributed by atoms with Crippen LogP contribution >= 0.6 is 15.9 Å². The number of fused-ring (bicyclic) bond motifs is 1. The van der Waals surface area contributed by atoms with Gasteiger partial charge in [0.25, 0.3) is 0 Å². The zero-order valence-electron chi connectivity index (χ0n) is 7.70. The summed E-state index contributed by atoms with van der Waals surface area (Å²) in [5, 5.41) is 13.0. The topological polar surface area (TPSA) is 49.3 Å². The maximum atomic E-state index is 10.4. The number of anilines is 1. The molecule has 0 spiro atoms. The molecule has 15 heavy (non-hydrogen) atoms. The van der Waals surface area contributed by atoms with Crippen molar-refractivity contribution in [2.75, 3.05) is 5.32 Å². The molecular formula is C11H8BrNO2. The molecule has 0 saturated carbocycles. The number of carboxylic acid groups (broad SMARTS) is 1. The van der Waals surface area contributed by atoms with E-state index >= 15 is 0 Å². The molecule has 76 valence electrons. The highest BCUT2D eigenvalue weighted by Gasteiger charge is 1.99. The predicted molar refractivity (Wildman–Crippen MR) is 63.3 cm³/mol. The van der Waals surface area contributed by atoms with Crippen LogP contribution in [0.15, 0.2) is 40.9 Å². The molecule has 0 bridgehead atoms. The van der Waals surface area contributed by atoms with Gasteiger partial charge in [-0.1, -0.05) is 28.1 Å². The highest BCUT2D eigenvalue weighted by Crippen LogP contribution is 2.22. The van der Waals surface area contributed by atoms with Crippen LogP contribution in [-0.4, -0.2) is 11.2 Å². The molecular weight excluding hydrogens is 258 g/mol. The fraction of sp³-hybridized carbons (Fsp3) is 0. The number of carbonyl (C=O) groups is 1. The Bertz CT molecular complexity index is 525. The number of hydrogen-bond donors (Lipinski definition) is 2. The lowest BCUT2D eigenvalue weighted by Crippen LogP contribution is -2.06. The monoisotopic (exact) mass is 265 g/mol. The average molecular weight is 266 g/mol. The van der Waals surface area contributed by atoms with Gasteiger partial charge in [-0.3, -0.25) is 5.32 Å². The van der Waals surface area contributed by atoms with Crippen LogP contribution in [0, 0.1) is 0 Å². The fourth-order valence-electron chi connectivity index (χ4n) is 1.42. The first-order valence-corrected chi connectivity index (χ1v) is 5.14. The van der Waals surface area contributed by atoms with Crippen LogP contribution in [0.1, 0.15) is 0 Å². The normalized spacial score (nSPS) is 10.2. The molecule has 0 unspecified atom stereocenters. The van der Waals surface area contributed by atoms with Gasteiger partial charge >= 0.3 is 6.09 Å². The molecule has 2 aromatic carbocycles. The Labute approximate surface area is 94.9 Å². The molecule has 2 aromatic rings. The van der Waals surface area contributed by atoms with Gasteiger partial charge in [0.2, 0.25) is 0 Å². The number of benzene rings is 2. The van der Waals surface area contributed by atoms with Gasteiger partial charge in [0.1, 0.15) is 0 Å². The minimum Gasteiger partial charge on any atom is -0.465 e. The van der Waals surface area contributed by atoms with Gasteiger partial charge in [0, 0.05) is 10.2 Å². The highest BCUT2D eigenvalue weighted by molar-refractivity contribution is 9.10. The van der Waals surface area contributed by atoms with Gasteiger partial charge in [-0.2, -0.15) is 0 Å². The SMILES string of the molecule is O=C(O)Nc1ccc2cc(Br)ccc2c1. The highest BCUT2D eigenvalue weighted by atomic mass is 79.9. The van der Waals surface area contributed by atoms with Crippen molar-refractivity contribution in [3.8, 4) is 0 Å². The van der Waals surface area contributed by atoms with Crippen molar-refractivity contribution in [2.24, 2.45) is 0 Å². The standard InChI is InChI=1S/C11H8BrNO2/c12-9-3-1-8-6-10(13-11(14)15)4-2-7(8)5-9/h1-6,13H,(H,14,15). The maximum Gasteiger partial charge on any atom is 0.409 e. The molecule has 0 aliphatic carbocycles. The summed E-state index contributed by atoms with van der Waals surface area (Å²) < 4.78 is 1.01. The minimum atomic E-state index is -1.05. The second-order valence-electron chi connectivity index (χ2n) is 3.14. The van der Waals surface area contributed by atoms with Crippen molar-refractivity contribution >= 4 is 38.5 Å². The lowest BCUT2D eigenvalue weighted by molar-refractivity contribution is 0.210. The summed E-state index contributed by atoms with van der Waals surface area (Å²) in [6.07, 6.45) is -1.05. The van der Waals surface area contributed by atoms with Gasteiger partial charge in [-0.25, -0.2) is 4.79 Å². The van der Waals surface area contributed by atoms with Gasteiger partial charge in [-0.15, -0.1) is 0 Å². The number of amides is 1. The van der Waals surface area contributed by atoms with E-state index in [2.05, 4.69) is 21.2 Å². The third kappa shape index (κ3) is 2.27. The number of hydrogen-bond acceptors (Lipinski definition) is 1. The summed E-state index contributed by atoms with van der Waals surface area (Å²) in [7, 11) is 0. The number of nitrogens with one attached hydrogen (secondary N) is 1. The van der Waals surface area contributed by atoms with Crippen LogP contribution in [0.3, 0.4) is 0 Å². The summed E-state index contributed by atoms with van der Waals surface area (Å²) in [6, 6.07) is 11.3. The van der Waals surface area contributed by atoms with E-state index < -0.39 is 6.09 Å². The first-order valence-electron chi connectivity index (χ1n) is 4.34. The van der Waals surface area contributed by atoms with Crippen molar-refractivity contribution in [3.05, 3.63) is 40.9 Å². The Morgan fingerprint density at radius 3 is 2.53 bits per heavy atom. The molecule has 4 heteroatoms. The second kappa shape index (κ2) is 3.90. The van der Waals surface area contributed by atoms with E-state index in [4.69, 9.17) is 5.11 Å². The van der Waals surface area contributed by atoms with Crippen LogP contribution in [-0.2, 0) is 0 Å². The largest absolute Gasteiger partial charge is 0.465 e. The van der Waals surface area contributed by atoms with Crippen molar-refractivity contribution in [2.45, 2.75) is 0 Å². The molecule has 0 heterocycles. The quantitative estimate of drug-likeness (QED) is 0.826. The zero-order valence-corrected chi connectivity index (χ0v) is 9.28. The molecule has 1 amide bonds. The molecule has 0 aliphatic heterocycles. The van der Waals surface area contributed by atoms with E-state index in [1.165, 1.54) is 0 Å². The van der Waals surface area contributed by atoms with E-state index in [1.54, 1.807) is 12.1 Å². The van der Waals surface area contributed by atoms with E-state index in [9.17, 15) is 4.79 Å². The fourth-order valence-corrected chi connectivity index (χ4v) is 1.80. The van der Waals surface area contributed by atoms with Gasteiger partial charge in [0.05, 0.1) is 0 Å². The predicted octanol–water partition coefficient (Wildman–Crippen LogP) is 3.69. The van der Waals surface area contributed by atoms with Crippen molar-refractivity contribution in [1.29, 1.82) is 0 Å². The molecule has 0 fully saturated rings. The summed E-state index contributed by atoms with van der Waals surface area (Å²) in [4.78, 5) is 10.4. The third-order valence-corrected chi connectivity index (χ3v) is 2.55. The van der Waals surface area contributed by atoms with Crippen molar-refractivity contribution in [3.63, 3.8) is 0 Å².